The van der Waals surface area contributed by atoms with Crippen LogP contribution in [0.1, 0.15) is 30.9 Å². The van der Waals surface area contributed by atoms with Gasteiger partial charge in [0, 0.05) is 43.8 Å². The Bertz CT molecular complexity index is 442. The maximum atomic E-state index is 10.2. The van der Waals surface area contributed by atoms with Crippen LogP contribution in [-0.4, -0.2) is 53.7 Å². The Balaban J connectivity index is 1.43. The second kappa shape index (κ2) is 6.44. The van der Waals surface area contributed by atoms with E-state index in [1.165, 1.54) is 25.9 Å². The molecule has 4 heteroatoms. The van der Waals surface area contributed by atoms with E-state index in [0.717, 1.165) is 37.7 Å². The SMILES string of the molecule is OC(CCN1CCN(C2CC2)CC1)c1cccc(Cl)c1. The molecule has 0 aromatic heterocycles. The molecular formula is C16H23ClN2O. The molecule has 2 aliphatic rings. The summed E-state index contributed by atoms with van der Waals surface area (Å²) in [6.07, 6.45) is 3.17. The zero-order chi connectivity index (χ0) is 13.9. The fourth-order valence-electron chi connectivity index (χ4n) is 2.98. The first-order valence-electron chi connectivity index (χ1n) is 7.62. The maximum Gasteiger partial charge on any atom is 0.0802 e. The summed E-state index contributed by atoms with van der Waals surface area (Å²) in [6, 6.07) is 8.43. The van der Waals surface area contributed by atoms with E-state index >= 15 is 0 Å². The standard InChI is InChI=1S/C16H23ClN2O/c17-14-3-1-2-13(12-14)16(20)6-7-18-8-10-19(11-9-18)15-4-5-15/h1-3,12,15-16,20H,4-11H2. The van der Waals surface area contributed by atoms with E-state index in [0.29, 0.717) is 5.02 Å². The number of hydrogen-bond acceptors (Lipinski definition) is 3. The summed E-state index contributed by atoms with van der Waals surface area (Å²) in [6.45, 7) is 5.62. The van der Waals surface area contributed by atoms with Crippen molar-refractivity contribution in [3.63, 3.8) is 0 Å². The van der Waals surface area contributed by atoms with Gasteiger partial charge >= 0.3 is 0 Å². The number of hydrogen-bond donors (Lipinski definition) is 1. The summed E-state index contributed by atoms with van der Waals surface area (Å²) < 4.78 is 0. The van der Waals surface area contributed by atoms with Crippen molar-refractivity contribution < 1.29 is 5.11 Å². The van der Waals surface area contributed by atoms with Gasteiger partial charge in [-0.25, -0.2) is 0 Å². The van der Waals surface area contributed by atoms with Gasteiger partial charge in [-0.15, -0.1) is 0 Å². The molecule has 1 saturated heterocycles. The van der Waals surface area contributed by atoms with Gasteiger partial charge < -0.3 is 10.0 Å². The lowest BCUT2D eigenvalue weighted by molar-refractivity contribution is 0.0990. The Hall–Kier alpha value is -0.610. The second-order valence-corrected chi connectivity index (χ2v) is 6.40. The molecule has 0 spiro atoms. The van der Waals surface area contributed by atoms with E-state index < -0.39 is 6.10 Å². The molecule has 1 atom stereocenters. The third kappa shape index (κ3) is 3.73. The van der Waals surface area contributed by atoms with Crippen LogP contribution in [0.3, 0.4) is 0 Å². The molecule has 1 aromatic rings. The summed E-state index contributed by atoms with van der Waals surface area (Å²) >= 11 is 5.96. The molecule has 1 saturated carbocycles. The molecule has 110 valence electrons. The molecular weight excluding hydrogens is 272 g/mol. The number of halogens is 1. The smallest absolute Gasteiger partial charge is 0.0802 e. The molecule has 0 amide bonds. The van der Waals surface area contributed by atoms with E-state index in [4.69, 9.17) is 11.6 Å². The van der Waals surface area contributed by atoms with Crippen molar-refractivity contribution in [2.45, 2.75) is 31.4 Å². The van der Waals surface area contributed by atoms with Gasteiger partial charge in [-0.1, -0.05) is 23.7 Å². The fourth-order valence-corrected chi connectivity index (χ4v) is 3.18. The van der Waals surface area contributed by atoms with Gasteiger partial charge in [0.25, 0.3) is 0 Å². The average Bonchev–Trinajstić information content (AvgIpc) is 3.30. The molecule has 0 bridgehead atoms. The van der Waals surface area contributed by atoms with Crippen molar-refractivity contribution in [3.05, 3.63) is 34.9 Å². The number of piperazine rings is 1. The lowest BCUT2D eigenvalue weighted by atomic mass is 10.1. The van der Waals surface area contributed by atoms with Crippen LogP contribution in [0, 0.1) is 0 Å². The van der Waals surface area contributed by atoms with Crippen LogP contribution in [0.5, 0.6) is 0 Å². The van der Waals surface area contributed by atoms with Gasteiger partial charge in [0.1, 0.15) is 0 Å². The lowest BCUT2D eigenvalue weighted by Crippen LogP contribution is -2.47. The first-order chi connectivity index (χ1) is 9.72. The van der Waals surface area contributed by atoms with Crippen LogP contribution in [-0.2, 0) is 0 Å². The van der Waals surface area contributed by atoms with E-state index in [1.54, 1.807) is 0 Å². The Labute approximate surface area is 126 Å². The zero-order valence-electron chi connectivity index (χ0n) is 11.8. The summed E-state index contributed by atoms with van der Waals surface area (Å²) in [5.74, 6) is 0. The van der Waals surface area contributed by atoms with Crippen molar-refractivity contribution in [1.29, 1.82) is 0 Å². The lowest BCUT2D eigenvalue weighted by Gasteiger charge is -2.35. The van der Waals surface area contributed by atoms with Crippen LogP contribution in [0.4, 0.5) is 0 Å². The summed E-state index contributed by atoms with van der Waals surface area (Å²) in [5.41, 5.74) is 0.925. The molecule has 1 aliphatic heterocycles. The Morgan fingerprint density at radius 2 is 1.95 bits per heavy atom. The molecule has 1 N–H and O–H groups in total. The highest BCUT2D eigenvalue weighted by molar-refractivity contribution is 6.30. The highest BCUT2D eigenvalue weighted by atomic mass is 35.5. The number of nitrogens with zero attached hydrogens (tertiary/aromatic N) is 2. The number of aliphatic hydroxyl groups is 1. The average molecular weight is 295 g/mol. The predicted molar refractivity (Wildman–Crippen MR) is 82.1 cm³/mol. The topological polar surface area (TPSA) is 26.7 Å². The molecule has 3 nitrogen and oxygen atoms in total. The molecule has 3 rings (SSSR count). The van der Waals surface area contributed by atoms with Crippen LogP contribution in [0.15, 0.2) is 24.3 Å². The highest BCUT2D eigenvalue weighted by Gasteiger charge is 2.31. The van der Waals surface area contributed by atoms with Crippen LogP contribution in [0.25, 0.3) is 0 Å². The van der Waals surface area contributed by atoms with E-state index in [1.807, 2.05) is 24.3 Å². The number of rotatable bonds is 5. The number of benzene rings is 1. The Morgan fingerprint density at radius 3 is 2.60 bits per heavy atom. The molecule has 1 heterocycles. The van der Waals surface area contributed by atoms with Gasteiger partial charge in [-0.05, 0) is 37.0 Å². The molecule has 0 radical (unpaired) electrons. The van der Waals surface area contributed by atoms with Crippen LogP contribution >= 0.6 is 11.6 Å². The van der Waals surface area contributed by atoms with E-state index in [9.17, 15) is 5.11 Å². The minimum absolute atomic E-state index is 0.407. The summed E-state index contributed by atoms with van der Waals surface area (Å²) in [7, 11) is 0. The Morgan fingerprint density at radius 1 is 1.20 bits per heavy atom. The highest BCUT2D eigenvalue weighted by Crippen LogP contribution is 2.27. The van der Waals surface area contributed by atoms with E-state index in [2.05, 4.69) is 9.80 Å². The maximum absolute atomic E-state index is 10.2. The van der Waals surface area contributed by atoms with Crippen LogP contribution < -0.4 is 0 Å². The van der Waals surface area contributed by atoms with Gasteiger partial charge in [0.05, 0.1) is 6.10 Å². The van der Waals surface area contributed by atoms with Crippen molar-refractivity contribution in [2.75, 3.05) is 32.7 Å². The van der Waals surface area contributed by atoms with Gasteiger partial charge in [-0.2, -0.15) is 0 Å². The quantitative estimate of drug-likeness (QED) is 0.904. The van der Waals surface area contributed by atoms with E-state index in [-0.39, 0.29) is 0 Å². The van der Waals surface area contributed by atoms with Crippen molar-refractivity contribution in [3.8, 4) is 0 Å². The molecule has 1 aliphatic carbocycles. The minimum Gasteiger partial charge on any atom is -0.388 e. The predicted octanol–water partition coefficient (Wildman–Crippen LogP) is 2.54. The number of aliphatic hydroxyl groups excluding tert-OH is 1. The molecule has 20 heavy (non-hydrogen) atoms. The Kier molecular flexibility index (Phi) is 4.61. The fraction of sp³-hybridized carbons (Fsp3) is 0.625. The first kappa shape index (κ1) is 14.3. The third-order valence-corrected chi connectivity index (χ3v) is 4.66. The largest absolute Gasteiger partial charge is 0.388 e. The first-order valence-corrected chi connectivity index (χ1v) is 8.00. The van der Waals surface area contributed by atoms with Gasteiger partial charge in [-0.3, -0.25) is 4.90 Å². The third-order valence-electron chi connectivity index (χ3n) is 4.42. The normalized spacial score (nSPS) is 22.9. The van der Waals surface area contributed by atoms with Crippen molar-refractivity contribution in [1.82, 2.24) is 9.80 Å². The minimum atomic E-state index is -0.407. The van der Waals surface area contributed by atoms with Crippen molar-refractivity contribution >= 4 is 11.6 Å². The van der Waals surface area contributed by atoms with Crippen LogP contribution in [0.2, 0.25) is 5.02 Å². The summed E-state index contributed by atoms with van der Waals surface area (Å²) in [5, 5.41) is 10.9. The van der Waals surface area contributed by atoms with Gasteiger partial charge in [0.15, 0.2) is 0 Å². The second-order valence-electron chi connectivity index (χ2n) is 5.97. The monoisotopic (exact) mass is 294 g/mol. The molecule has 1 aromatic carbocycles. The summed E-state index contributed by atoms with van der Waals surface area (Å²) in [4.78, 5) is 5.08. The van der Waals surface area contributed by atoms with Crippen molar-refractivity contribution in [2.24, 2.45) is 0 Å². The van der Waals surface area contributed by atoms with Gasteiger partial charge in [0.2, 0.25) is 0 Å². The molecule has 1 unspecified atom stereocenters. The molecule has 2 fully saturated rings. The zero-order valence-corrected chi connectivity index (χ0v) is 12.6.